The maximum Gasteiger partial charge on any atom is 0.410 e. The van der Waals surface area contributed by atoms with E-state index in [1.54, 1.807) is 4.90 Å². The number of carbonyl (C=O) groups is 2. The van der Waals surface area contributed by atoms with Crippen LogP contribution in [-0.4, -0.2) is 37.0 Å². The molecule has 1 atom stereocenters. The molecule has 5 nitrogen and oxygen atoms in total. The lowest BCUT2D eigenvalue weighted by molar-refractivity contribution is -0.112. The molecule has 2 aromatic rings. The molecule has 1 aliphatic carbocycles. The molecule has 0 fully saturated rings. The molecule has 0 aliphatic heterocycles. The van der Waals surface area contributed by atoms with Gasteiger partial charge in [-0.1, -0.05) is 48.5 Å². The van der Waals surface area contributed by atoms with Crippen LogP contribution in [0.25, 0.3) is 11.1 Å². The number of benzene rings is 2. The fraction of sp³-hybridized carbons (Fsp3) is 0.333. The molecule has 1 amide bonds. The molecular weight excluding hydrogens is 328 g/mol. The van der Waals surface area contributed by atoms with E-state index in [0.717, 1.165) is 41.4 Å². The first-order valence-corrected chi connectivity index (χ1v) is 8.92. The Morgan fingerprint density at radius 1 is 1.12 bits per heavy atom. The summed E-state index contributed by atoms with van der Waals surface area (Å²) in [7, 11) is 1.35. The maximum absolute atomic E-state index is 12.7. The van der Waals surface area contributed by atoms with Gasteiger partial charge in [0.25, 0.3) is 0 Å². The molecule has 5 heteroatoms. The number of hydrogen-bond donors (Lipinski definition) is 1. The molecule has 0 saturated heterocycles. The van der Waals surface area contributed by atoms with E-state index in [-0.39, 0.29) is 6.04 Å². The van der Waals surface area contributed by atoms with Crippen molar-refractivity contribution in [3.8, 4) is 11.1 Å². The van der Waals surface area contributed by atoms with Crippen LogP contribution in [0.5, 0.6) is 0 Å². The molecule has 136 valence electrons. The first-order valence-electron chi connectivity index (χ1n) is 8.92. The van der Waals surface area contributed by atoms with Gasteiger partial charge in [0.1, 0.15) is 6.29 Å². The minimum Gasteiger partial charge on any atom is -0.453 e. The number of carbonyl (C=O) groups excluding carboxylic acids is 2. The molecule has 26 heavy (non-hydrogen) atoms. The lowest BCUT2D eigenvalue weighted by Crippen LogP contribution is -2.43. The number of nitrogens with zero attached hydrogens (tertiary/aromatic N) is 1. The predicted octanol–water partition coefficient (Wildman–Crippen LogP) is 3.52. The normalized spacial score (nSPS) is 13.6. The zero-order chi connectivity index (χ0) is 18.5. The molecule has 1 aliphatic rings. The number of unbranched alkanes of at least 4 members (excludes halogenated alkanes) is 1. The van der Waals surface area contributed by atoms with E-state index in [9.17, 15) is 9.59 Å². The lowest BCUT2D eigenvalue weighted by atomic mass is 10.00. The molecule has 0 aromatic heterocycles. The van der Waals surface area contributed by atoms with Gasteiger partial charge in [-0.05, 0) is 48.1 Å². The Morgan fingerprint density at radius 2 is 1.69 bits per heavy atom. The second kappa shape index (κ2) is 8.15. The SMILES string of the molecule is COC(=O)N(C1c2ccccc2-c2ccccc21)[C@H](C=O)CCCCN. The Kier molecular flexibility index (Phi) is 5.68. The maximum atomic E-state index is 12.7. The number of hydrogen-bond acceptors (Lipinski definition) is 4. The first-order chi connectivity index (χ1) is 12.7. The molecule has 2 aromatic carbocycles. The second-order valence-corrected chi connectivity index (χ2v) is 6.44. The molecule has 0 radical (unpaired) electrons. The Balaban J connectivity index is 2.06. The summed E-state index contributed by atoms with van der Waals surface area (Å²) >= 11 is 0. The summed E-state index contributed by atoms with van der Waals surface area (Å²) in [5.41, 5.74) is 9.79. The monoisotopic (exact) mass is 352 g/mol. The lowest BCUT2D eigenvalue weighted by Gasteiger charge is -2.33. The van der Waals surface area contributed by atoms with Crippen LogP contribution in [0.3, 0.4) is 0 Å². The molecule has 0 saturated carbocycles. The highest BCUT2D eigenvalue weighted by atomic mass is 16.5. The number of nitrogens with two attached hydrogens (primary N) is 1. The van der Waals surface area contributed by atoms with E-state index in [2.05, 4.69) is 0 Å². The fourth-order valence-corrected chi connectivity index (χ4v) is 3.74. The Labute approximate surface area is 153 Å². The molecular formula is C21H24N2O3. The Morgan fingerprint density at radius 3 is 2.19 bits per heavy atom. The third-order valence-electron chi connectivity index (χ3n) is 4.93. The van der Waals surface area contributed by atoms with Crippen molar-refractivity contribution in [3.63, 3.8) is 0 Å². The minimum absolute atomic E-state index is 0.331. The van der Waals surface area contributed by atoms with Gasteiger partial charge in [-0.2, -0.15) is 0 Å². The number of fused-ring (bicyclic) bond motifs is 3. The van der Waals surface area contributed by atoms with Crippen molar-refractivity contribution in [2.75, 3.05) is 13.7 Å². The van der Waals surface area contributed by atoms with Crippen LogP contribution in [0.2, 0.25) is 0 Å². The summed E-state index contributed by atoms with van der Waals surface area (Å²) in [6, 6.07) is 15.1. The summed E-state index contributed by atoms with van der Waals surface area (Å²) < 4.78 is 5.05. The third-order valence-corrected chi connectivity index (χ3v) is 4.93. The Hall–Kier alpha value is -2.66. The van der Waals surface area contributed by atoms with E-state index < -0.39 is 12.1 Å². The van der Waals surface area contributed by atoms with Crippen molar-refractivity contribution < 1.29 is 14.3 Å². The average molecular weight is 352 g/mol. The predicted molar refractivity (Wildman–Crippen MR) is 101 cm³/mol. The van der Waals surface area contributed by atoms with Crippen molar-refractivity contribution in [1.29, 1.82) is 0 Å². The van der Waals surface area contributed by atoms with Gasteiger partial charge in [0, 0.05) is 0 Å². The largest absolute Gasteiger partial charge is 0.453 e. The van der Waals surface area contributed by atoms with Crippen molar-refractivity contribution in [2.24, 2.45) is 5.73 Å². The van der Waals surface area contributed by atoms with Gasteiger partial charge in [0.2, 0.25) is 0 Å². The van der Waals surface area contributed by atoms with E-state index in [4.69, 9.17) is 10.5 Å². The van der Waals surface area contributed by atoms with Crippen LogP contribution in [0, 0.1) is 0 Å². The van der Waals surface area contributed by atoms with Crippen molar-refractivity contribution in [2.45, 2.75) is 31.3 Å². The van der Waals surface area contributed by atoms with Gasteiger partial charge in [0.05, 0.1) is 19.2 Å². The number of methoxy groups -OCH3 is 1. The summed E-state index contributed by atoms with van der Waals surface area (Å²) in [4.78, 5) is 26.1. The van der Waals surface area contributed by atoms with Crippen LogP contribution < -0.4 is 5.73 Å². The highest BCUT2D eigenvalue weighted by Gasteiger charge is 2.39. The second-order valence-electron chi connectivity index (χ2n) is 6.44. The molecule has 0 spiro atoms. The van der Waals surface area contributed by atoms with Gasteiger partial charge in [0.15, 0.2) is 0 Å². The third kappa shape index (κ3) is 3.22. The first kappa shape index (κ1) is 18.1. The van der Waals surface area contributed by atoms with Crippen molar-refractivity contribution >= 4 is 12.4 Å². The summed E-state index contributed by atoms with van der Waals surface area (Å²) in [6.45, 7) is 0.568. The molecule has 2 N–H and O–H groups in total. The van der Waals surface area contributed by atoms with Crippen LogP contribution in [0.15, 0.2) is 48.5 Å². The van der Waals surface area contributed by atoms with Gasteiger partial charge in [-0.15, -0.1) is 0 Å². The summed E-state index contributed by atoms with van der Waals surface area (Å²) in [5.74, 6) is 0. The van der Waals surface area contributed by atoms with E-state index in [1.807, 2.05) is 48.5 Å². The van der Waals surface area contributed by atoms with Crippen LogP contribution in [0.1, 0.15) is 36.4 Å². The average Bonchev–Trinajstić information content (AvgIpc) is 3.01. The highest BCUT2D eigenvalue weighted by molar-refractivity contribution is 5.82. The van der Waals surface area contributed by atoms with Gasteiger partial charge < -0.3 is 15.3 Å². The van der Waals surface area contributed by atoms with E-state index in [0.29, 0.717) is 13.0 Å². The van der Waals surface area contributed by atoms with Gasteiger partial charge >= 0.3 is 6.09 Å². The quantitative estimate of drug-likeness (QED) is 0.611. The van der Waals surface area contributed by atoms with Crippen LogP contribution in [-0.2, 0) is 9.53 Å². The van der Waals surface area contributed by atoms with Crippen molar-refractivity contribution in [1.82, 2.24) is 4.90 Å². The topological polar surface area (TPSA) is 72.6 Å². The zero-order valence-electron chi connectivity index (χ0n) is 14.9. The summed E-state index contributed by atoms with van der Waals surface area (Å²) in [5, 5.41) is 0. The smallest absolute Gasteiger partial charge is 0.410 e. The van der Waals surface area contributed by atoms with E-state index in [1.165, 1.54) is 7.11 Å². The van der Waals surface area contributed by atoms with E-state index >= 15 is 0 Å². The number of aldehydes is 1. The molecule has 3 rings (SSSR count). The molecule has 0 unspecified atom stereocenters. The fourth-order valence-electron chi connectivity index (χ4n) is 3.74. The summed E-state index contributed by atoms with van der Waals surface area (Å²) in [6.07, 6.45) is 2.51. The van der Waals surface area contributed by atoms with Crippen LogP contribution >= 0.6 is 0 Å². The minimum atomic E-state index is -0.557. The molecule has 0 bridgehead atoms. The highest BCUT2D eigenvalue weighted by Crippen LogP contribution is 2.47. The van der Waals surface area contributed by atoms with Gasteiger partial charge in [-0.3, -0.25) is 4.90 Å². The number of amides is 1. The van der Waals surface area contributed by atoms with Gasteiger partial charge in [-0.25, -0.2) is 4.79 Å². The zero-order valence-corrected chi connectivity index (χ0v) is 14.9. The standard InChI is InChI=1S/C21H24N2O3/c1-26-21(25)23(15(14-24)8-6-7-13-22)20-18-11-4-2-9-16(18)17-10-3-5-12-19(17)20/h2-5,9-12,14-15,20H,6-8,13,22H2,1H3/t15-/m0/s1. The van der Waals surface area contributed by atoms with Crippen LogP contribution in [0.4, 0.5) is 4.79 Å². The Bertz CT molecular complexity index is 745. The molecule has 0 heterocycles. The number of rotatable bonds is 7. The number of ether oxygens (including phenoxy) is 1. The van der Waals surface area contributed by atoms with Crippen molar-refractivity contribution in [3.05, 3.63) is 59.7 Å².